The highest BCUT2D eigenvalue weighted by Gasteiger charge is 2.28. The molecule has 3 aliphatic rings. The van der Waals surface area contributed by atoms with Crippen molar-refractivity contribution in [2.24, 2.45) is 10.9 Å². The lowest BCUT2D eigenvalue weighted by Crippen LogP contribution is -2.39. The zero-order valence-corrected chi connectivity index (χ0v) is 11.5. The summed E-state index contributed by atoms with van der Waals surface area (Å²) in [4.78, 5) is 4.65. The Kier molecular flexibility index (Phi) is 3.51. The summed E-state index contributed by atoms with van der Waals surface area (Å²) in [5.41, 5.74) is 2.97. The van der Waals surface area contributed by atoms with Gasteiger partial charge in [-0.25, -0.2) is 4.99 Å². The molecular weight excluding hydrogens is 236 g/mol. The van der Waals surface area contributed by atoms with E-state index in [0.29, 0.717) is 11.6 Å². The highest BCUT2D eigenvalue weighted by Crippen LogP contribution is 2.32. The first kappa shape index (κ1) is 12.6. The Bertz CT molecular complexity index is 463. The molecule has 0 aromatic rings. The third-order valence-corrected chi connectivity index (χ3v) is 3.91. The van der Waals surface area contributed by atoms with E-state index in [9.17, 15) is 0 Å². The number of piperidine rings is 1. The van der Waals surface area contributed by atoms with E-state index in [1.807, 2.05) is 6.08 Å². The van der Waals surface area contributed by atoms with E-state index in [4.69, 9.17) is 5.41 Å². The van der Waals surface area contributed by atoms with Crippen LogP contribution in [-0.4, -0.2) is 24.0 Å². The number of aliphatic imine (C=N–C) groups is 1. The van der Waals surface area contributed by atoms with E-state index >= 15 is 0 Å². The Morgan fingerprint density at radius 1 is 1.37 bits per heavy atom. The molecule has 2 heterocycles. The van der Waals surface area contributed by atoms with Crippen molar-refractivity contribution in [3.8, 4) is 0 Å². The molecule has 102 valence electrons. The van der Waals surface area contributed by atoms with E-state index in [-0.39, 0.29) is 6.04 Å². The number of allylic oxidation sites excluding steroid dienone is 2. The van der Waals surface area contributed by atoms with E-state index in [1.54, 1.807) is 0 Å². The Balaban J connectivity index is 1.72. The monoisotopic (exact) mass is 258 g/mol. The summed E-state index contributed by atoms with van der Waals surface area (Å²) in [6.07, 6.45) is 10.1. The van der Waals surface area contributed by atoms with Crippen LogP contribution in [0.3, 0.4) is 0 Å². The summed E-state index contributed by atoms with van der Waals surface area (Å²) >= 11 is 0. The van der Waals surface area contributed by atoms with Gasteiger partial charge < -0.3 is 16.0 Å². The molecule has 0 aromatic carbocycles. The molecule has 1 atom stereocenters. The average Bonchev–Trinajstić information content (AvgIpc) is 3.23. The summed E-state index contributed by atoms with van der Waals surface area (Å²) < 4.78 is 0. The topological polar surface area (TPSA) is 60.3 Å². The minimum atomic E-state index is 0.203. The van der Waals surface area contributed by atoms with Crippen molar-refractivity contribution < 1.29 is 0 Å². The van der Waals surface area contributed by atoms with Crippen LogP contribution in [0.15, 0.2) is 28.7 Å². The van der Waals surface area contributed by atoms with Crippen LogP contribution in [0.4, 0.5) is 0 Å². The first-order chi connectivity index (χ1) is 9.22. The summed E-state index contributed by atoms with van der Waals surface area (Å²) in [7, 11) is 0. The summed E-state index contributed by atoms with van der Waals surface area (Å²) in [5.74, 6) is 1.49. The molecule has 0 spiro atoms. The normalized spacial score (nSPS) is 29.5. The summed E-state index contributed by atoms with van der Waals surface area (Å²) in [6, 6.07) is 0.203. The van der Waals surface area contributed by atoms with Gasteiger partial charge in [0.05, 0.1) is 5.71 Å². The third kappa shape index (κ3) is 3.13. The molecule has 19 heavy (non-hydrogen) atoms. The van der Waals surface area contributed by atoms with Crippen LogP contribution in [0.2, 0.25) is 0 Å². The van der Waals surface area contributed by atoms with Gasteiger partial charge in [-0.05, 0) is 45.2 Å². The Hall–Kier alpha value is -1.42. The molecule has 3 N–H and O–H groups in total. The molecule has 2 aliphatic heterocycles. The first-order valence-electron chi connectivity index (χ1n) is 7.30. The van der Waals surface area contributed by atoms with Crippen molar-refractivity contribution in [1.29, 1.82) is 5.41 Å². The predicted molar refractivity (Wildman–Crippen MR) is 78.5 cm³/mol. The second kappa shape index (κ2) is 5.29. The van der Waals surface area contributed by atoms with Gasteiger partial charge in [0, 0.05) is 29.4 Å². The molecule has 1 saturated heterocycles. The molecule has 0 amide bonds. The van der Waals surface area contributed by atoms with Gasteiger partial charge in [0.15, 0.2) is 0 Å². The van der Waals surface area contributed by atoms with Crippen molar-refractivity contribution in [1.82, 2.24) is 10.6 Å². The van der Waals surface area contributed by atoms with Crippen molar-refractivity contribution in [3.05, 3.63) is 23.7 Å². The van der Waals surface area contributed by atoms with Crippen molar-refractivity contribution in [2.45, 2.75) is 45.1 Å². The third-order valence-electron chi connectivity index (χ3n) is 3.91. The van der Waals surface area contributed by atoms with Gasteiger partial charge in [0.1, 0.15) is 5.82 Å². The molecule has 4 heteroatoms. The van der Waals surface area contributed by atoms with Crippen LogP contribution in [0.25, 0.3) is 0 Å². The molecular formula is C15H22N4. The number of hydrogen-bond acceptors (Lipinski definition) is 4. The maximum atomic E-state index is 8.21. The molecule has 1 saturated carbocycles. The van der Waals surface area contributed by atoms with Gasteiger partial charge >= 0.3 is 0 Å². The lowest BCUT2D eigenvalue weighted by molar-refractivity contribution is 0.471. The molecule has 0 aromatic heterocycles. The second-order valence-corrected chi connectivity index (χ2v) is 5.75. The van der Waals surface area contributed by atoms with Crippen LogP contribution >= 0.6 is 0 Å². The van der Waals surface area contributed by atoms with Crippen LogP contribution in [0, 0.1) is 11.3 Å². The summed E-state index contributed by atoms with van der Waals surface area (Å²) in [6.45, 7) is 3.09. The molecule has 0 radical (unpaired) electrons. The fourth-order valence-electron chi connectivity index (χ4n) is 2.68. The standard InChI is InChI=1S/C15H22N4/c1-10-8-14(11-5-6-11)19-15(18-10)9-12(16)13-4-2-3-7-17-13/h8-9,11,13,16-18H,2-7H2,1H3/b15-9+,16-12?/t13-/m0/s1. The second-order valence-electron chi connectivity index (χ2n) is 5.75. The molecule has 0 bridgehead atoms. The molecule has 4 nitrogen and oxygen atoms in total. The van der Waals surface area contributed by atoms with Crippen molar-refractivity contribution in [2.75, 3.05) is 6.54 Å². The van der Waals surface area contributed by atoms with E-state index in [2.05, 4.69) is 28.6 Å². The lowest BCUT2D eigenvalue weighted by Gasteiger charge is -2.23. The number of rotatable bonds is 3. The number of hydrogen-bond donors (Lipinski definition) is 3. The largest absolute Gasteiger partial charge is 0.344 e. The van der Waals surface area contributed by atoms with Gasteiger partial charge in [-0.1, -0.05) is 6.42 Å². The summed E-state index contributed by atoms with van der Waals surface area (Å²) in [5, 5.41) is 14.9. The van der Waals surface area contributed by atoms with Crippen LogP contribution in [0.1, 0.15) is 39.0 Å². The highest BCUT2D eigenvalue weighted by molar-refractivity contribution is 6.02. The predicted octanol–water partition coefficient (Wildman–Crippen LogP) is 2.35. The SMILES string of the molecule is CC1=CC(C2CC2)=N/C(=C/C(=N)[C@@H]2CCCCN2)N1. The molecule has 2 fully saturated rings. The zero-order chi connectivity index (χ0) is 13.2. The lowest BCUT2D eigenvalue weighted by atomic mass is 10.0. The first-order valence-corrected chi connectivity index (χ1v) is 7.30. The van der Waals surface area contributed by atoms with Crippen LogP contribution in [-0.2, 0) is 0 Å². The van der Waals surface area contributed by atoms with Gasteiger partial charge in [-0.3, -0.25) is 0 Å². The van der Waals surface area contributed by atoms with Gasteiger partial charge in [0.2, 0.25) is 0 Å². The molecule has 1 aliphatic carbocycles. The highest BCUT2D eigenvalue weighted by atomic mass is 15.1. The van der Waals surface area contributed by atoms with Gasteiger partial charge in [0.25, 0.3) is 0 Å². The Morgan fingerprint density at radius 2 is 2.21 bits per heavy atom. The smallest absolute Gasteiger partial charge is 0.132 e. The molecule has 3 rings (SSSR count). The molecule has 0 unspecified atom stereocenters. The maximum absolute atomic E-state index is 8.21. The van der Waals surface area contributed by atoms with Crippen LogP contribution in [0.5, 0.6) is 0 Å². The number of nitrogens with zero attached hydrogens (tertiary/aromatic N) is 1. The van der Waals surface area contributed by atoms with Crippen molar-refractivity contribution in [3.63, 3.8) is 0 Å². The Labute approximate surface area is 114 Å². The fourth-order valence-corrected chi connectivity index (χ4v) is 2.68. The minimum Gasteiger partial charge on any atom is -0.344 e. The number of nitrogens with one attached hydrogen (secondary N) is 3. The van der Waals surface area contributed by atoms with Crippen molar-refractivity contribution >= 4 is 11.4 Å². The van der Waals surface area contributed by atoms with E-state index in [0.717, 1.165) is 24.5 Å². The maximum Gasteiger partial charge on any atom is 0.132 e. The van der Waals surface area contributed by atoms with E-state index in [1.165, 1.54) is 31.4 Å². The minimum absolute atomic E-state index is 0.203. The van der Waals surface area contributed by atoms with Gasteiger partial charge in [-0.15, -0.1) is 0 Å². The fraction of sp³-hybridized carbons (Fsp3) is 0.600. The Morgan fingerprint density at radius 3 is 2.89 bits per heavy atom. The van der Waals surface area contributed by atoms with Crippen LogP contribution < -0.4 is 10.6 Å². The quantitative estimate of drug-likeness (QED) is 0.680. The average molecular weight is 258 g/mol. The van der Waals surface area contributed by atoms with E-state index < -0.39 is 0 Å². The van der Waals surface area contributed by atoms with Gasteiger partial charge in [-0.2, -0.15) is 0 Å². The zero-order valence-electron chi connectivity index (χ0n) is 11.5.